The van der Waals surface area contributed by atoms with Crippen molar-refractivity contribution in [3.8, 4) is 0 Å². The molecule has 0 heterocycles. The number of aliphatic hydroxyl groups is 1. The summed E-state index contributed by atoms with van der Waals surface area (Å²) in [4.78, 5) is 0.256. The minimum Gasteiger partial charge on any atom is -0.392 e. The number of benzene rings is 1. The first kappa shape index (κ1) is 20.1. The number of hydrogen-bond donors (Lipinski definition) is 3. The maximum Gasteiger partial charge on any atom is 0.240 e. The highest BCUT2D eigenvalue weighted by atomic mass is 32.2. The van der Waals surface area contributed by atoms with Crippen LogP contribution >= 0.6 is 0 Å². The molecule has 0 aliphatic heterocycles. The summed E-state index contributed by atoms with van der Waals surface area (Å²) in [6.45, 7) is 10.8. The zero-order chi connectivity index (χ0) is 17.8. The molecule has 3 N–H and O–H groups in total. The van der Waals surface area contributed by atoms with E-state index in [1.807, 2.05) is 46.8 Å². The molecule has 0 aromatic heterocycles. The van der Waals surface area contributed by atoms with Crippen molar-refractivity contribution < 1.29 is 13.5 Å². The molecule has 0 amide bonds. The molecule has 0 aliphatic carbocycles. The molecule has 132 valence electrons. The molecular formula is C17H30N2O3S. The van der Waals surface area contributed by atoms with Gasteiger partial charge in [0.25, 0.3) is 0 Å². The Morgan fingerprint density at radius 1 is 1.13 bits per heavy atom. The van der Waals surface area contributed by atoms with Gasteiger partial charge in [0.1, 0.15) is 0 Å². The van der Waals surface area contributed by atoms with Gasteiger partial charge in [-0.2, -0.15) is 0 Å². The predicted octanol–water partition coefficient (Wildman–Crippen LogP) is 2.29. The Bertz CT molecular complexity index is 595. The largest absolute Gasteiger partial charge is 0.392 e. The Kier molecular flexibility index (Phi) is 6.77. The molecule has 1 rings (SSSR count). The van der Waals surface area contributed by atoms with Crippen LogP contribution in [-0.4, -0.2) is 33.2 Å². The van der Waals surface area contributed by atoms with Crippen LogP contribution in [0.2, 0.25) is 0 Å². The maximum absolute atomic E-state index is 11.7. The molecule has 2 atom stereocenters. The van der Waals surface area contributed by atoms with Crippen LogP contribution in [0.15, 0.2) is 29.2 Å². The topological polar surface area (TPSA) is 78.4 Å². The lowest BCUT2D eigenvalue weighted by Crippen LogP contribution is -2.42. The van der Waals surface area contributed by atoms with Gasteiger partial charge in [-0.3, -0.25) is 0 Å². The second kappa shape index (κ2) is 7.75. The predicted molar refractivity (Wildman–Crippen MR) is 93.7 cm³/mol. The van der Waals surface area contributed by atoms with E-state index in [9.17, 15) is 13.5 Å². The SMILES string of the molecule is CNS(=O)(=O)c1ccc(C(C)NCC(C)(C)C(O)C(C)C)cc1. The Labute approximate surface area is 140 Å². The third-order valence-corrected chi connectivity index (χ3v) is 5.69. The van der Waals surface area contributed by atoms with Crippen LogP contribution in [0.3, 0.4) is 0 Å². The molecule has 0 spiro atoms. The highest BCUT2D eigenvalue weighted by molar-refractivity contribution is 7.89. The smallest absolute Gasteiger partial charge is 0.240 e. The first-order valence-corrected chi connectivity index (χ1v) is 9.44. The number of rotatable bonds is 8. The van der Waals surface area contributed by atoms with Crippen LogP contribution in [0.5, 0.6) is 0 Å². The van der Waals surface area contributed by atoms with Gasteiger partial charge in [-0.05, 0) is 37.6 Å². The molecule has 1 aromatic rings. The average molecular weight is 343 g/mol. The van der Waals surface area contributed by atoms with Crippen molar-refractivity contribution in [2.45, 2.75) is 51.7 Å². The average Bonchev–Trinajstić information content (AvgIpc) is 2.51. The number of hydrogen-bond acceptors (Lipinski definition) is 4. The fourth-order valence-electron chi connectivity index (χ4n) is 2.59. The molecule has 0 bridgehead atoms. The summed E-state index contributed by atoms with van der Waals surface area (Å²) in [7, 11) is -2.00. The molecule has 0 saturated heterocycles. The zero-order valence-electron chi connectivity index (χ0n) is 14.9. The van der Waals surface area contributed by atoms with E-state index in [0.29, 0.717) is 6.54 Å². The highest BCUT2D eigenvalue weighted by Gasteiger charge is 2.30. The van der Waals surface area contributed by atoms with E-state index in [4.69, 9.17) is 0 Å². The van der Waals surface area contributed by atoms with Gasteiger partial charge >= 0.3 is 0 Å². The molecule has 6 heteroatoms. The molecule has 0 fully saturated rings. The third kappa shape index (κ3) is 5.28. The van der Waals surface area contributed by atoms with Crippen LogP contribution in [0.1, 0.15) is 46.2 Å². The minimum absolute atomic E-state index is 0.0694. The summed E-state index contributed by atoms with van der Waals surface area (Å²) in [5.74, 6) is 0.202. The molecule has 0 saturated carbocycles. The molecular weight excluding hydrogens is 312 g/mol. The van der Waals surface area contributed by atoms with Gasteiger partial charge in [-0.1, -0.05) is 39.8 Å². The summed E-state index contributed by atoms with van der Waals surface area (Å²) < 4.78 is 25.8. The number of nitrogens with one attached hydrogen (secondary N) is 2. The second-order valence-electron chi connectivity index (χ2n) is 7.06. The fraction of sp³-hybridized carbons (Fsp3) is 0.647. The van der Waals surface area contributed by atoms with E-state index in [0.717, 1.165) is 5.56 Å². The first-order chi connectivity index (χ1) is 10.5. The van der Waals surface area contributed by atoms with E-state index >= 15 is 0 Å². The van der Waals surface area contributed by atoms with Gasteiger partial charge in [0.2, 0.25) is 10.0 Å². The van der Waals surface area contributed by atoms with Crippen LogP contribution in [0.4, 0.5) is 0 Å². The van der Waals surface area contributed by atoms with Gasteiger partial charge in [-0.15, -0.1) is 0 Å². The maximum atomic E-state index is 11.7. The van der Waals surface area contributed by atoms with Crippen molar-refractivity contribution in [3.63, 3.8) is 0 Å². The number of aliphatic hydroxyl groups excluding tert-OH is 1. The third-order valence-electron chi connectivity index (χ3n) is 4.26. The van der Waals surface area contributed by atoms with Crippen LogP contribution < -0.4 is 10.0 Å². The second-order valence-corrected chi connectivity index (χ2v) is 8.94. The first-order valence-electron chi connectivity index (χ1n) is 7.96. The summed E-state index contributed by atoms with van der Waals surface area (Å²) in [5, 5.41) is 13.7. The van der Waals surface area contributed by atoms with Gasteiger partial charge < -0.3 is 10.4 Å². The van der Waals surface area contributed by atoms with E-state index in [1.54, 1.807) is 12.1 Å². The van der Waals surface area contributed by atoms with Crippen molar-refractivity contribution >= 4 is 10.0 Å². The van der Waals surface area contributed by atoms with Crippen molar-refractivity contribution in [3.05, 3.63) is 29.8 Å². The van der Waals surface area contributed by atoms with E-state index in [2.05, 4.69) is 10.0 Å². The fourth-order valence-corrected chi connectivity index (χ4v) is 3.32. The van der Waals surface area contributed by atoms with Gasteiger partial charge in [0, 0.05) is 18.0 Å². The van der Waals surface area contributed by atoms with Gasteiger partial charge in [-0.25, -0.2) is 13.1 Å². The van der Waals surface area contributed by atoms with Crippen LogP contribution in [0.25, 0.3) is 0 Å². The molecule has 1 aromatic carbocycles. The summed E-state index contributed by atoms with van der Waals surface area (Å²) in [6.07, 6.45) is -0.384. The Balaban J connectivity index is 2.74. The standard InChI is InChI=1S/C17H30N2O3S/c1-12(2)16(20)17(4,5)11-19-13(3)14-7-9-15(10-8-14)23(21,22)18-6/h7-10,12-13,16,18-20H,11H2,1-6H3. The quantitative estimate of drug-likeness (QED) is 0.677. The van der Waals surface area contributed by atoms with Crippen LogP contribution in [-0.2, 0) is 10.0 Å². The normalized spacial score (nSPS) is 15.7. The monoisotopic (exact) mass is 342 g/mol. The number of sulfonamides is 1. The summed E-state index contributed by atoms with van der Waals surface area (Å²) >= 11 is 0. The Morgan fingerprint density at radius 3 is 2.09 bits per heavy atom. The molecule has 5 nitrogen and oxygen atoms in total. The summed E-state index contributed by atoms with van der Waals surface area (Å²) in [5.41, 5.74) is 0.771. The van der Waals surface area contributed by atoms with E-state index in [-0.39, 0.29) is 28.4 Å². The lowest BCUT2D eigenvalue weighted by atomic mass is 9.80. The zero-order valence-corrected chi connectivity index (χ0v) is 15.7. The van der Waals surface area contributed by atoms with Crippen molar-refractivity contribution in [1.29, 1.82) is 0 Å². The van der Waals surface area contributed by atoms with Gasteiger partial charge in [0.05, 0.1) is 11.0 Å². The lowest BCUT2D eigenvalue weighted by molar-refractivity contribution is 0.0124. The Hall–Kier alpha value is -0.950. The van der Waals surface area contributed by atoms with E-state index < -0.39 is 10.0 Å². The highest BCUT2D eigenvalue weighted by Crippen LogP contribution is 2.26. The molecule has 2 unspecified atom stereocenters. The molecule has 23 heavy (non-hydrogen) atoms. The van der Waals surface area contributed by atoms with Crippen molar-refractivity contribution in [2.75, 3.05) is 13.6 Å². The van der Waals surface area contributed by atoms with Gasteiger partial charge in [0.15, 0.2) is 0 Å². The van der Waals surface area contributed by atoms with Crippen molar-refractivity contribution in [1.82, 2.24) is 10.0 Å². The molecule has 0 aliphatic rings. The summed E-state index contributed by atoms with van der Waals surface area (Å²) in [6, 6.07) is 6.91. The molecule has 0 radical (unpaired) electrons. The minimum atomic E-state index is -3.40. The van der Waals surface area contributed by atoms with Crippen LogP contribution in [0, 0.1) is 11.3 Å². The Morgan fingerprint density at radius 2 is 1.65 bits per heavy atom. The van der Waals surface area contributed by atoms with E-state index in [1.165, 1.54) is 7.05 Å². The van der Waals surface area contributed by atoms with Crippen molar-refractivity contribution in [2.24, 2.45) is 11.3 Å². The lowest BCUT2D eigenvalue weighted by Gasteiger charge is -2.34.